The van der Waals surface area contributed by atoms with Gasteiger partial charge >= 0.3 is 0 Å². The molecule has 0 saturated heterocycles. The van der Waals surface area contributed by atoms with Crippen LogP contribution in [0.5, 0.6) is 0 Å². The number of rotatable bonds is 5. The summed E-state index contributed by atoms with van der Waals surface area (Å²) in [5.74, 6) is -0.326. The van der Waals surface area contributed by atoms with Crippen LogP contribution in [0.3, 0.4) is 0 Å². The number of benzene rings is 2. The number of nitriles is 1. The van der Waals surface area contributed by atoms with E-state index in [4.69, 9.17) is 5.26 Å². The summed E-state index contributed by atoms with van der Waals surface area (Å²) in [6, 6.07) is 17.2. The first-order valence-corrected chi connectivity index (χ1v) is 10.1. The number of nitrogens with zero attached hydrogens (tertiary/aromatic N) is 3. The van der Waals surface area contributed by atoms with Gasteiger partial charge in [-0.2, -0.15) is 5.26 Å². The lowest BCUT2D eigenvalue weighted by atomic mass is 10.2. The van der Waals surface area contributed by atoms with Crippen molar-refractivity contribution < 1.29 is 4.79 Å². The molecule has 1 N–H and O–H groups in total. The van der Waals surface area contributed by atoms with E-state index in [0.29, 0.717) is 14.9 Å². The first kappa shape index (κ1) is 21.1. The molecule has 0 aliphatic rings. The van der Waals surface area contributed by atoms with E-state index in [1.807, 2.05) is 80.5 Å². The molecule has 0 spiro atoms. The zero-order valence-corrected chi connectivity index (χ0v) is 17.9. The van der Waals surface area contributed by atoms with Gasteiger partial charge in [0.25, 0.3) is 5.56 Å². The van der Waals surface area contributed by atoms with E-state index in [0.717, 1.165) is 16.8 Å². The quantitative estimate of drug-likeness (QED) is 0.688. The topological polar surface area (TPSA) is 78.1 Å². The monoisotopic (exact) mass is 418 g/mol. The largest absolute Gasteiger partial charge is 0.378 e. The minimum atomic E-state index is -0.326. The summed E-state index contributed by atoms with van der Waals surface area (Å²) in [4.78, 5) is 27.4. The first-order chi connectivity index (χ1) is 14.4. The fraction of sp³-hybridized carbons (Fsp3) is 0.174. The van der Waals surface area contributed by atoms with Crippen molar-refractivity contribution in [1.29, 1.82) is 5.26 Å². The van der Waals surface area contributed by atoms with E-state index in [1.54, 1.807) is 6.08 Å². The standard InChI is InChI=1S/C23H22N4O2S/c1-16-4-8-18(9-5-16)25-21(28)15-27-22(12-13-24)30-20(23(27)29)14-17-6-10-19(11-7-17)26(2)3/h4-12,14H,15H2,1-3H3,(H,25,28)/b20-14+,22-12-. The normalized spacial score (nSPS) is 11.9. The molecule has 0 aliphatic carbocycles. The third-order valence-corrected chi connectivity index (χ3v) is 5.53. The maximum atomic E-state index is 12.9. The molecule has 1 amide bonds. The summed E-state index contributed by atoms with van der Waals surface area (Å²) in [6.45, 7) is 1.80. The lowest BCUT2D eigenvalue weighted by molar-refractivity contribution is -0.116. The average molecular weight is 419 g/mol. The third kappa shape index (κ3) is 5.04. The molecule has 0 saturated carbocycles. The van der Waals surface area contributed by atoms with E-state index in [9.17, 15) is 9.59 Å². The van der Waals surface area contributed by atoms with E-state index >= 15 is 0 Å². The molecule has 7 heteroatoms. The van der Waals surface area contributed by atoms with Crippen molar-refractivity contribution in [1.82, 2.24) is 4.57 Å². The molecule has 1 aromatic heterocycles. The summed E-state index contributed by atoms with van der Waals surface area (Å²) in [5.41, 5.74) is 3.39. The molecular weight excluding hydrogens is 396 g/mol. The summed E-state index contributed by atoms with van der Waals surface area (Å²) in [5, 5.41) is 11.9. The molecule has 0 aliphatic heterocycles. The van der Waals surface area contributed by atoms with Gasteiger partial charge in [-0.1, -0.05) is 29.8 Å². The Balaban J connectivity index is 1.91. The molecule has 0 fully saturated rings. The highest BCUT2D eigenvalue weighted by Crippen LogP contribution is 2.12. The van der Waals surface area contributed by atoms with Gasteiger partial charge in [-0.3, -0.25) is 14.2 Å². The van der Waals surface area contributed by atoms with Crippen molar-refractivity contribution in [2.45, 2.75) is 13.5 Å². The number of hydrogen-bond acceptors (Lipinski definition) is 5. The van der Waals surface area contributed by atoms with Gasteiger partial charge in [0.2, 0.25) is 5.91 Å². The summed E-state index contributed by atoms with van der Waals surface area (Å²) < 4.78 is 2.24. The van der Waals surface area contributed by atoms with Crippen molar-refractivity contribution in [3.63, 3.8) is 0 Å². The molecule has 1 heterocycles. The number of carbonyl (C=O) groups is 1. The van der Waals surface area contributed by atoms with Crippen LogP contribution in [0.15, 0.2) is 53.3 Å². The SMILES string of the molecule is Cc1ccc(NC(=O)Cn2c(=O)/c(=C\c3ccc(N(C)C)cc3)s/c2=C\C#N)cc1. The molecule has 2 aromatic carbocycles. The fourth-order valence-electron chi connectivity index (χ4n) is 2.85. The predicted molar refractivity (Wildman–Crippen MR) is 122 cm³/mol. The van der Waals surface area contributed by atoms with Gasteiger partial charge in [-0.25, -0.2) is 0 Å². The first-order valence-electron chi connectivity index (χ1n) is 9.32. The molecule has 0 radical (unpaired) electrons. The predicted octanol–water partition coefficient (Wildman–Crippen LogP) is 2.06. The molecular formula is C23H22N4O2S. The van der Waals surface area contributed by atoms with E-state index in [2.05, 4.69) is 5.32 Å². The second kappa shape index (κ2) is 9.25. The van der Waals surface area contributed by atoms with Crippen LogP contribution in [-0.2, 0) is 11.3 Å². The van der Waals surface area contributed by atoms with Crippen LogP contribution in [0, 0.1) is 18.3 Å². The number of thiazole rings is 1. The molecule has 30 heavy (non-hydrogen) atoms. The van der Waals surface area contributed by atoms with Crippen molar-refractivity contribution in [3.05, 3.63) is 79.2 Å². The second-order valence-corrected chi connectivity index (χ2v) is 8.08. The molecule has 3 aromatic rings. The molecule has 0 bridgehead atoms. The van der Waals surface area contributed by atoms with Gasteiger partial charge in [0, 0.05) is 31.5 Å². The van der Waals surface area contributed by atoms with Gasteiger partial charge in [0.05, 0.1) is 10.6 Å². The van der Waals surface area contributed by atoms with Gasteiger partial charge in [-0.15, -0.1) is 11.3 Å². The lowest BCUT2D eigenvalue weighted by Gasteiger charge is -2.11. The van der Waals surface area contributed by atoms with Crippen LogP contribution in [-0.4, -0.2) is 24.6 Å². The maximum Gasteiger partial charge on any atom is 0.269 e. The Bertz CT molecular complexity index is 1260. The number of hydrogen-bond donors (Lipinski definition) is 1. The second-order valence-electron chi connectivity index (χ2n) is 7.01. The number of amides is 1. The van der Waals surface area contributed by atoms with E-state index in [1.165, 1.54) is 22.0 Å². The summed E-state index contributed by atoms with van der Waals surface area (Å²) in [7, 11) is 3.92. The molecule has 6 nitrogen and oxygen atoms in total. The van der Waals surface area contributed by atoms with Gasteiger partial charge in [0.1, 0.15) is 11.2 Å². The van der Waals surface area contributed by atoms with Crippen LogP contribution in [0.4, 0.5) is 11.4 Å². The van der Waals surface area contributed by atoms with Crippen LogP contribution in [0.25, 0.3) is 12.2 Å². The number of aryl methyl sites for hydroxylation is 1. The van der Waals surface area contributed by atoms with Crippen molar-refractivity contribution >= 4 is 40.8 Å². The smallest absolute Gasteiger partial charge is 0.269 e. The highest BCUT2D eigenvalue weighted by Gasteiger charge is 2.10. The number of nitrogens with one attached hydrogen (secondary N) is 1. The Hall–Kier alpha value is -3.63. The Morgan fingerprint density at radius 1 is 1.17 bits per heavy atom. The zero-order valence-electron chi connectivity index (χ0n) is 17.0. The minimum Gasteiger partial charge on any atom is -0.378 e. The molecule has 0 atom stereocenters. The Kier molecular flexibility index (Phi) is 6.50. The van der Waals surface area contributed by atoms with Crippen molar-refractivity contribution in [2.24, 2.45) is 0 Å². The number of aromatic nitrogens is 1. The van der Waals surface area contributed by atoms with Gasteiger partial charge in [-0.05, 0) is 42.8 Å². The summed E-state index contributed by atoms with van der Waals surface area (Å²) in [6.07, 6.45) is 3.06. The molecule has 0 unspecified atom stereocenters. The highest BCUT2D eigenvalue weighted by molar-refractivity contribution is 7.07. The maximum absolute atomic E-state index is 12.9. The van der Waals surface area contributed by atoms with E-state index in [-0.39, 0.29) is 18.0 Å². The Morgan fingerprint density at radius 3 is 2.43 bits per heavy atom. The number of anilines is 2. The Morgan fingerprint density at radius 2 is 1.83 bits per heavy atom. The van der Waals surface area contributed by atoms with Crippen LogP contribution >= 0.6 is 11.3 Å². The van der Waals surface area contributed by atoms with Crippen LogP contribution < -0.4 is 25.0 Å². The molecule has 152 valence electrons. The minimum absolute atomic E-state index is 0.163. The summed E-state index contributed by atoms with van der Waals surface area (Å²) >= 11 is 1.19. The lowest BCUT2D eigenvalue weighted by Crippen LogP contribution is -2.35. The third-order valence-electron chi connectivity index (χ3n) is 4.47. The van der Waals surface area contributed by atoms with Crippen molar-refractivity contribution in [2.75, 3.05) is 24.3 Å². The van der Waals surface area contributed by atoms with Crippen molar-refractivity contribution in [3.8, 4) is 6.07 Å². The zero-order chi connectivity index (χ0) is 21.7. The average Bonchev–Trinajstić information content (AvgIpc) is 2.99. The molecule has 3 rings (SSSR count). The Labute approximate surface area is 178 Å². The van der Waals surface area contributed by atoms with Crippen LogP contribution in [0.2, 0.25) is 0 Å². The van der Waals surface area contributed by atoms with Gasteiger partial charge in [0.15, 0.2) is 0 Å². The van der Waals surface area contributed by atoms with Gasteiger partial charge < -0.3 is 10.2 Å². The fourth-order valence-corrected chi connectivity index (χ4v) is 3.84. The van der Waals surface area contributed by atoms with Crippen LogP contribution in [0.1, 0.15) is 11.1 Å². The highest BCUT2D eigenvalue weighted by atomic mass is 32.1. The number of carbonyl (C=O) groups excluding carboxylic acids is 1. The van der Waals surface area contributed by atoms with E-state index < -0.39 is 0 Å².